The van der Waals surface area contributed by atoms with Gasteiger partial charge >= 0.3 is 0 Å². The van der Waals surface area contributed by atoms with E-state index in [9.17, 15) is 9.59 Å². The van der Waals surface area contributed by atoms with Gasteiger partial charge in [0.05, 0.1) is 6.04 Å². The molecule has 0 radical (unpaired) electrons. The fourth-order valence-electron chi connectivity index (χ4n) is 2.47. The van der Waals surface area contributed by atoms with Gasteiger partial charge in [-0.2, -0.15) is 0 Å². The molecule has 6 heteroatoms. The van der Waals surface area contributed by atoms with Crippen molar-refractivity contribution in [3.63, 3.8) is 0 Å². The molecular formula is C14H27N3O3. The van der Waals surface area contributed by atoms with Crippen LogP contribution in [0.5, 0.6) is 0 Å². The van der Waals surface area contributed by atoms with Crippen molar-refractivity contribution in [3.8, 4) is 0 Å². The summed E-state index contributed by atoms with van der Waals surface area (Å²) in [5, 5.41) is 3.39. The number of nitrogens with one attached hydrogen (secondary N) is 1. The Morgan fingerprint density at radius 3 is 2.65 bits per heavy atom. The first-order valence-corrected chi connectivity index (χ1v) is 7.22. The van der Waals surface area contributed by atoms with E-state index in [1.807, 2.05) is 0 Å². The molecule has 1 fully saturated rings. The zero-order valence-corrected chi connectivity index (χ0v) is 13.0. The van der Waals surface area contributed by atoms with Crippen molar-refractivity contribution in [1.82, 2.24) is 15.1 Å². The maximum atomic E-state index is 11.9. The van der Waals surface area contributed by atoms with Crippen LogP contribution in [0.3, 0.4) is 0 Å². The molecule has 1 aliphatic heterocycles. The molecule has 2 atom stereocenters. The van der Waals surface area contributed by atoms with Gasteiger partial charge in [-0.15, -0.1) is 0 Å². The zero-order chi connectivity index (χ0) is 15.1. The summed E-state index contributed by atoms with van der Waals surface area (Å²) in [6, 6.07) is 0.644. The van der Waals surface area contributed by atoms with E-state index in [-0.39, 0.29) is 11.9 Å². The number of carbonyl (C=O) groups is 2. The lowest BCUT2D eigenvalue weighted by Crippen LogP contribution is -2.43. The van der Waals surface area contributed by atoms with Crippen LogP contribution >= 0.6 is 0 Å². The molecule has 1 rings (SSSR count). The van der Waals surface area contributed by atoms with E-state index in [1.54, 1.807) is 19.0 Å². The van der Waals surface area contributed by atoms with E-state index < -0.39 is 0 Å². The summed E-state index contributed by atoms with van der Waals surface area (Å²) >= 11 is 0. The minimum absolute atomic E-state index is 0.0475. The van der Waals surface area contributed by atoms with Crippen LogP contribution in [-0.2, 0) is 14.3 Å². The first-order valence-electron chi connectivity index (χ1n) is 7.22. The van der Waals surface area contributed by atoms with Gasteiger partial charge < -0.3 is 15.0 Å². The maximum absolute atomic E-state index is 11.9. The molecule has 0 aromatic carbocycles. The Bertz CT molecular complexity index is 321. The van der Waals surface area contributed by atoms with Gasteiger partial charge in [0.15, 0.2) is 0 Å². The lowest BCUT2D eigenvalue weighted by Gasteiger charge is -2.26. The third-order valence-corrected chi connectivity index (χ3v) is 3.78. The summed E-state index contributed by atoms with van der Waals surface area (Å²) in [5.74, 6) is 0.150. The molecule has 0 aromatic rings. The summed E-state index contributed by atoms with van der Waals surface area (Å²) in [4.78, 5) is 25.9. The Hall–Kier alpha value is -1.14. The van der Waals surface area contributed by atoms with Crippen LogP contribution in [0.25, 0.3) is 0 Å². The van der Waals surface area contributed by atoms with Crippen LogP contribution in [-0.4, -0.2) is 67.7 Å². The van der Waals surface area contributed by atoms with Crippen molar-refractivity contribution in [2.24, 2.45) is 0 Å². The second-order valence-electron chi connectivity index (χ2n) is 5.81. The Kier molecular flexibility index (Phi) is 6.95. The topological polar surface area (TPSA) is 61.9 Å². The molecule has 1 saturated heterocycles. The number of ether oxygens (including phenoxy) is 1. The lowest BCUT2D eigenvalue weighted by molar-refractivity contribution is -0.134. The Labute approximate surface area is 121 Å². The lowest BCUT2D eigenvalue weighted by atomic mass is 10.1. The first-order chi connectivity index (χ1) is 9.45. The van der Waals surface area contributed by atoms with Crippen molar-refractivity contribution in [2.45, 2.75) is 51.2 Å². The molecule has 6 nitrogen and oxygen atoms in total. The summed E-state index contributed by atoms with van der Waals surface area (Å²) in [7, 11) is 3.57. The fourth-order valence-corrected chi connectivity index (χ4v) is 2.47. The molecule has 0 saturated carbocycles. The monoisotopic (exact) mass is 285 g/mol. The number of amides is 1. The molecule has 0 bridgehead atoms. The highest BCUT2D eigenvalue weighted by atomic mass is 16.5. The van der Waals surface area contributed by atoms with Crippen molar-refractivity contribution in [1.29, 1.82) is 0 Å². The van der Waals surface area contributed by atoms with Gasteiger partial charge in [0.25, 0.3) is 6.47 Å². The molecule has 0 aromatic heterocycles. The molecule has 0 spiro atoms. The standard InChI is InChI=1S/C14H27N3O3/c1-11(2)17(9-20-10-18)8-7-12-5-6-13(15-12)14(19)16(3)4/h10-13,15H,5-9H2,1-4H3. The summed E-state index contributed by atoms with van der Waals surface area (Å²) in [6.45, 7) is 5.82. The van der Waals surface area contributed by atoms with Crippen molar-refractivity contribution < 1.29 is 14.3 Å². The van der Waals surface area contributed by atoms with E-state index in [2.05, 4.69) is 24.1 Å². The first kappa shape index (κ1) is 16.9. The number of hydrogen-bond acceptors (Lipinski definition) is 5. The highest BCUT2D eigenvalue weighted by Gasteiger charge is 2.30. The minimum Gasteiger partial charge on any atom is -0.452 e. The molecular weight excluding hydrogens is 258 g/mol. The van der Waals surface area contributed by atoms with Crippen LogP contribution < -0.4 is 5.32 Å². The van der Waals surface area contributed by atoms with Crippen molar-refractivity contribution >= 4 is 12.4 Å². The third kappa shape index (κ3) is 5.09. The molecule has 0 aliphatic carbocycles. The number of likely N-dealkylation sites (N-methyl/N-ethyl adjacent to an activating group) is 1. The third-order valence-electron chi connectivity index (χ3n) is 3.78. The van der Waals surface area contributed by atoms with Crippen molar-refractivity contribution in [2.75, 3.05) is 27.4 Å². The largest absolute Gasteiger partial charge is 0.452 e. The van der Waals surface area contributed by atoms with Crippen LogP contribution in [0.15, 0.2) is 0 Å². The van der Waals surface area contributed by atoms with Crippen LogP contribution in [0, 0.1) is 0 Å². The SMILES string of the molecule is CC(C)N(CCC1CCC(C(=O)N(C)C)N1)COC=O. The Morgan fingerprint density at radius 1 is 1.40 bits per heavy atom. The smallest absolute Gasteiger partial charge is 0.294 e. The number of carbonyl (C=O) groups excluding carboxylic acids is 2. The molecule has 1 heterocycles. The normalized spacial score (nSPS) is 22.3. The van der Waals surface area contributed by atoms with Gasteiger partial charge in [-0.3, -0.25) is 14.5 Å². The minimum atomic E-state index is -0.0475. The van der Waals surface area contributed by atoms with Gasteiger partial charge in [-0.25, -0.2) is 0 Å². The second kappa shape index (κ2) is 8.21. The van der Waals surface area contributed by atoms with E-state index in [4.69, 9.17) is 4.74 Å². The number of rotatable bonds is 8. The molecule has 2 unspecified atom stereocenters. The van der Waals surface area contributed by atoms with E-state index in [1.165, 1.54) is 0 Å². The summed E-state index contributed by atoms with van der Waals surface area (Å²) in [5.41, 5.74) is 0. The van der Waals surface area contributed by atoms with Crippen LogP contribution in [0.1, 0.15) is 33.1 Å². The van der Waals surface area contributed by atoms with Gasteiger partial charge in [-0.05, 0) is 33.1 Å². The van der Waals surface area contributed by atoms with Gasteiger partial charge in [0.2, 0.25) is 5.91 Å². The quantitative estimate of drug-likeness (QED) is 0.517. The molecule has 1 aliphatic rings. The van der Waals surface area contributed by atoms with Crippen LogP contribution in [0.2, 0.25) is 0 Å². The van der Waals surface area contributed by atoms with Crippen molar-refractivity contribution in [3.05, 3.63) is 0 Å². The zero-order valence-electron chi connectivity index (χ0n) is 13.0. The van der Waals surface area contributed by atoms with Gasteiger partial charge in [0.1, 0.15) is 6.73 Å². The van der Waals surface area contributed by atoms with E-state index in [0.29, 0.717) is 25.3 Å². The predicted octanol–water partition coefficient (Wildman–Crippen LogP) is 0.426. The van der Waals surface area contributed by atoms with Crippen LogP contribution in [0.4, 0.5) is 0 Å². The summed E-state index contributed by atoms with van der Waals surface area (Å²) in [6.07, 6.45) is 2.87. The van der Waals surface area contributed by atoms with Gasteiger partial charge in [0, 0.05) is 32.7 Å². The number of hydrogen-bond donors (Lipinski definition) is 1. The highest BCUT2D eigenvalue weighted by Crippen LogP contribution is 2.17. The maximum Gasteiger partial charge on any atom is 0.294 e. The predicted molar refractivity (Wildman–Crippen MR) is 77.1 cm³/mol. The van der Waals surface area contributed by atoms with E-state index >= 15 is 0 Å². The average molecular weight is 285 g/mol. The Morgan fingerprint density at radius 2 is 2.10 bits per heavy atom. The molecule has 116 valence electrons. The highest BCUT2D eigenvalue weighted by molar-refractivity contribution is 5.81. The Balaban J connectivity index is 2.35. The number of nitrogens with zero attached hydrogens (tertiary/aromatic N) is 2. The molecule has 1 amide bonds. The molecule has 1 N–H and O–H groups in total. The van der Waals surface area contributed by atoms with E-state index in [0.717, 1.165) is 25.8 Å². The fraction of sp³-hybridized carbons (Fsp3) is 0.857. The second-order valence-corrected chi connectivity index (χ2v) is 5.81. The summed E-state index contributed by atoms with van der Waals surface area (Å²) < 4.78 is 4.83. The average Bonchev–Trinajstić information content (AvgIpc) is 2.86. The molecule has 20 heavy (non-hydrogen) atoms. The van der Waals surface area contributed by atoms with Gasteiger partial charge in [-0.1, -0.05) is 0 Å².